The van der Waals surface area contributed by atoms with Gasteiger partial charge in [0.15, 0.2) is 0 Å². The Hall–Kier alpha value is -6.58. The van der Waals surface area contributed by atoms with E-state index in [4.69, 9.17) is 16.3 Å². The van der Waals surface area contributed by atoms with Crippen LogP contribution in [0.1, 0.15) is 208 Å². The van der Waals surface area contributed by atoms with Crippen molar-refractivity contribution in [3.05, 3.63) is 12.2 Å². The van der Waals surface area contributed by atoms with Gasteiger partial charge in [0.1, 0.15) is 53.9 Å². The van der Waals surface area contributed by atoms with Gasteiger partial charge in [0.25, 0.3) is 0 Å². The highest BCUT2D eigenvalue weighted by Gasteiger charge is 2.60. The molecule has 107 heavy (non-hydrogen) atoms. The Kier molecular flexibility index (Phi) is 30.1. The van der Waals surface area contributed by atoms with E-state index >= 15 is 38.4 Å². The fourth-order valence-electron chi connectivity index (χ4n) is 18.8. The molecule has 5 saturated carbocycles. The van der Waals surface area contributed by atoms with Crippen LogP contribution in [0.5, 0.6) is 0 Å². The summed E-state index contributed by atoms with van der Waals surface area (Å²) in [6.45, 7) is 8.63. The molecular formula is C78H124ClF3N12O13. The minimum absolute atomic E-state index is 0.00188. The average Bonchev–Trinajstić information content (AvgIpc) is 1.55. The van der Waals surface area contributed by atoms with Crippen LogP contribution in [0.2, 0.25) is 0 Å². The van der Waals surface area contributed by atoms with Crippen molar-refractivity contribution in [2.75, 3.05) is 89.2 Å². The van der Waals surface area contributed by atoms with Crippen LogP contribution in [0.4, 0.5) is 13.2 Å². The largest absolute Gasteiger partial charge is 0.393 e. The summed E-state index contributed by atoms with van der Waals surface area (Å²) < 4.78 is 48.6. The van der Waals surface area contributed by atoms with Gasteiger partial charge in [-0.15, -0.1) is 11.6 Å². The summed E-state index contributed by atoms with van der Waals surface area (Å²) in [6, 6.07) is -9.97. The van der Waals surface area contributed by atoms with Crippen molar-refractivity contribution in [3.63, 3.8) is 0 Å². The zero-order chi connectivity index (χ0) is 78.7. The molecule has 12 atom stereocenters. The predicted octanol–water partition coefficient (Wildman–Crippen LogP) is 7.05. The predicted molar refractivity (Wildman–Crippen MR) is 397 cm³/mol. The van der Waals surface area contributed by atoms with Crippen LogP contribution < -0.4 is 16.0 Å². The lowest BCUT2D eigenvalue weighted by Crippen LogP contribution is -2.71. The molecule has 3 unspecified atom stereocenters. The van der Waals surface area contributed by atoms with Crippen LogP contribution in [0.3, 0.4) is 0 Å². The molecule has 0 aromatic rings. The van der Waals surface area contributed by atoms with Gasteiger partial charge in [0.05, 0.1) is 31.5 Å². The van der Waals surface area contributed by atoms with Crippen molar-refractivity contribution >= 4 is 82.5 Å². The molecule has 8 aliphatic rings. The van der Waals surface area contributed by atoms with Crippen molar-refractivity contribution in [2.24, 2.45) is 40.9 Å². The Morgan fingerprint density at radius 1 is 0.636 bits per heavy atom. The summed E-state index contributed by atoms with van der Waals surface area (Å²) in [5.41, 5.74) is -2.17. The molecule has 25 nitrogen and oxygen atoms in total. The summed E-state index contributed by atoms with van der Waals surface area (Å²) in [6.07, 6.45) is 8.60. The molecule has 3 aliphatic heterocycles. The maximum atomic E-state index is 15.8. The smallest absolute Gasteiger partial charge is 0.377 e. The number of rotatable bonds is 12. The van der Waals surface area contributed by atoms with Crippen molar-refractivity contribution in [3.8, 4) is 0 Å². The van der Waals surface area contributed by atoms with Crippen LogP contribution in [-0.2, 0) is 62.3 Å². The van der Waals surface area contributed by atoms with Gasteiger partial charge >= 0.3 is 6.18 Å². The van der Waals surface area contributed by atoms with Crippen molar-refractivity contribution in [1.29, 1.82) is 0 Å². The summed E-state index contributed by atoms with van der Waals surface area (Å²) >= 11 is 6.48. The summed E-state index contributed by atoms with van der Waals surface area (Å²) in [7, 11) is 11.7. The monoisotopic (exact) mass is 1530 g/mol. The standard InChI is InChI=1S/C78H124ClF3N12O13/c1-14-24-57-67(98)84-65(51-25-18-16-19-26-51)73(104)88(9)45-64(97)90(11)58-29-20-17-23-38-93(72(58)103)61(40-50-32-30-48(3)31-33-50)71(102)87(8)44-62(95)83-56(37-35-49-34-36-54(55(79)39-49)78(80,81)82)69(100)94-43-53(107-15-2)41-59(94)68(99)85-77(46-76(4,5)47-77)75(106)92(13)66(52-27-21-22-28-52)74(105)91(12)60(70(101)86(6)7)42-63(96)89(57)10/h17,20,48-61,65-66H,14-16,18-19,21-47H2,1-13H3,(H,83,95)(H,84,98)(H,85,99)/b20-17-/t48?,49?,50?,53-,54?,55?,56+,57+,58+,59+,60+,61+,65+,66+/m1/s1. The summed E-state index contributed by atoms with van der Waals surface area (Å²) in [5.74, 6) is -10.1. The molecule has 3 heterocycles. The molecular weight excluding hydrogens is 1410 g/mol. The Morgan fingerprint density at radius 2 is 1.26 bits per heavy atom. The van der Waals surface area contributed by atoms with Crippen LogP contribution >= 0.6 is 11.6 Å². The number of ether oxygens (including phenoxy) is 1. The lowest BCUT2D eigenvalue weighted by atomic mass is 9.58. The van der Waals surface area contributed by atoms with Gasteiger partial charge in [-0.2, -0.15) is 13.2 Å². The van der Waals surface area contributed by atoms with Gasteiger partial charge in [-0.1, -0.05) is 104 Å². The van der Waals surface area contributed by atoms with E-state index < -0.39 is 185 Å². The maximum absolute atomic E-state index is 15.8. The van der Waals surface area contributed by atoms with Gasteiger partial charge in [0.2, 0.25) is 70.9 Å². The minimum Gasteiger partial charge on any atom is -0.377 e. The number of nitrogens with zero attached hydrogens (tertiary/aromatic N) is 9. The lowest BCUT2D eigenvalue weighted by molar-refractivity contribution is -0.182. The number of likely N-dealkylation sites (N-methyl/N-ethyl adjacent to an activating group) is 7. The molecule has 8 rings (SSSR count). The quantitative estimate of drug-likeness (QED) is 0.131. The Balaban J connectivity index is 1.21. The first-order valence-corrected chi connectivity index (χ1v) is 40.1. The molecule has 29 heteroatoms. The van der Waals surface area contributed by atoms with E-state index in [-0.39, 0.29) is 102 Å². The molecule has 2 saturated heterocycles. The number of hydrogen-bond acceptors (Lipinski definition) is 13. The fraction of sp³-hybridized carbons (Fsp3) is 0.821. The molecule has 7 fully saturated rings. The Morgan fingerprint density at radius 3 is 1.87 bits per heavy atom. The van der Waals surface area contributed by atoms with E-state index in [1.165, 1.54) is 100 Å². The number of carbonyl (C=O) groups is 12. The molecule has 602 valence electrons. The first-order chi connectivity index (χ1) is 50.4. The summed E-state index contributed by atoms with van der Waals surface area (Å²) in [5, 5.41) is 7.75. The third-order valence-corrected chi connectivity index (χ3v) is 25.4. The van der Waals surface area contributed by atoms with Crippen LogP contribution in [0.15, 0.2) is 12.2 Å². The summed E-state index contributed by atoms with van der Waals surface area (Å²) in [4.78, 5) is 195. The molecule has 1 spiro atoms. The molecule has 3 N–H and O–H groups in total. The van der Waals surface area contributed by atoms with Crippen LogP contribution in [0.25, 0.3) is 0 Å². The van der Waals surface area contributed by atoms with Gasteiger partial charge in [-0.25, -0.2) is 0 Å². The highest BCUT2D eigenvalue weighted by atomic mass is 35.5. The third kappa shape index (κ3) is 21.1. The maximum Gasteiger partial charge on any atom is 0.393 e. The van der Waals surface area contributed by atoms with E-state index in [0.717, 1.165) is 57.8 Å². The Bertz CT molecular complexity index is 3200. The van der Waals surface area contributed by atoms with Crippen LogP contribution in [0, 0.1) is 40.9 Å². The van der Waals surface area contributed by atoms with Crippen LogP contribution in [-0.4, -0.2) is 276 Å². The molecule has 0 radical (unpaired) electrons. The van der Waals surface area contributed by atoms with E-state index in [1.54, 1.807) is 13.0 Å². The lowest BCUT2D eigenvalue weighted by Gasteiger charge is -2.54. The molecule has 2 bridgehead atoms. The van der Waals surface area contributed by atoms with Gasteiger partial charge in [0, 0.05) is 87.9 Å². The number of hydrogen-bond donors (Lipinski definition) is 3. The molecule has 0 aromatic heterocycles. The molecule has 0 aromatic carbocycles. The number of fused-ring (bicyclic) bond motifs is 3. The number of nitrogens with one attached hydrogen (secondary N) is 3. The van der Waals surface area contributed by atoms with Crippen molar-refractivity contribution < 1.29 is 75.4 Å². The first-order valence-electron chi connectivity index (χ1n) is 39.7. The molecule has 12 amide bonds. The second-order valence-electron chi connectivity index (χ2n) is 33.8. The van der Waals surface area contributed by atoms with Gasteiger partial charge in [-0.05, 0) is 138 Å². The second-order valence-corrected chi connectivity index (χ2v) is 34.3. The zero-order valence-electron chi connectivity index (χ0n) is 65.9. The number of carbonyl (C=O) groups excluding carboxylic acids is 12. The van der Waals surface area contributed by atoms with E-state index in [9.17, 15) is 32.3 Å². The van der Waals surface area contributed by atoms with Gasteiger partial charge in [-0.3, -0.25) is 57.5 Å². The third-order valence-electron chi connectivity index (χ3n) is 24.9. The number of alkyl halides is 4. The second kappa shape index (κ2) is 37.4. The number of halogens is 4. The number of amides is 12. The first kappa shape index (κ1) is 86.0. The van der Waals surface area contributed by atoms with E-state index in [1.807, 2.05) is 26.8 Å². The highest BCUT2D eigenvalue weighted by molar-refractivity contribution is 6.21. The van der Waals surface area contributed by atoms with E-state index in [2.05, 4.69) is 22.9 Å². The highest BCUT2D eigenvalue weighted by Crippen LogP contribution is 2.50. The Labute approximate surface area is 636 Å². The topological polar surface area (TPSA) is 279 Å². The van der Waals surface area contributed by atoms with Gasteiger partial charge < -0.3 is 64.8 Å². The minimum atomic E-state index is -4.53. The average molecular weight is 1530 g/mol. The zero-order valence-corrected chi connectivity index (χ0v) is 66.6. The van der Waals surface area contributed by atoms with Crippen molar-refractivity contribution in [1.82, 2.24) is 60.0 Å². The van der Waals surface area contributed by atoms with Crippen molar-refractivity contribution in [2.45, 2.75) is 280 Å². The normalized spacial score (nSPS) is 32.5. The van der Waals surface area contributed by atoms with E-state index in [0.29, 0.717) is 44.4 Å². The molecule has 5 aliphatic carbocycles. The SMILES string of the molecule is CCC[C@H]1C(=O)N[C@@H](C2CCCCC2)C(=O)N(C)CC(=O)N(C)[C@H]2C/C=C\CCN(C2=O)[C@@H](CC2CCC(C)CC2)C(=O)N(C)CC(=O)N[C@@H](CCC2CCC(C(F)(F)F)C(Cl)C2)C(=O)N2C[C@H](OCC)C[C@H]2C(=O)NC2(CC(C)(C)C2)C(=O)N(C)[C@@H](C2CCCC2)C(=O)N(C)[C@H](C(=O)N(C)C)CC(=O)N1C. The fourth-order valence-corrected chi connectivity index (χ4v) is 19.3.